The third-order valence-electron chi connectivity index (χ3n) is 3.50. The molecule has 1 heteroatoms. The molecule has 1 atom stereocenters. The third kappa shape index (κ3) is 2.80. The molecule has 18 heavy (non-hydrogen) atoms. The highest BCUT2D eigenvalue weighted by atomic mass is 16.3. The van der Waals surface area contributed by atoms with Gasteiger partial charge in [-0.3, -0.25) is 0 Å². The highest BCUT2D eigenvalue weighted by molar-refractivity contribution is 5.32. The average molecular weight is 240 g/mol. The van der Waals surface area contributed by atoms with Gasteiger partial charge in [-0.1, -0.05) is 67.1 Å². The zero-order valence-corrected chi connectivity index (χ0v) is 11.1. The van der Waals surface area contributed by atoms with E-state index in [0.717, 1.165) is 6.42 Å². The first kappa shape index (κ1) is 12.8. The number of hydrogen-bond acceptors (Lipinski definition) is 1. The number of aliphatic hydroxyl groups excluding tert-OH is 1. The summed E-state index contributed by atoms with van der Waals surface area (Å²) < 4.78 is 0. The van der Waals surface area contributed by atoms with Crippen LogP contribution in [0.4, 0.5) is 0 Å². The summed E-state index contributed by atoms with van der Waals surface area (Å²) in [4.78, 5) is 0. The summed E-state index contributed by atoms with van der Waals surface area (Å²) in [5, 5.41) is 9.79. The Kier molecular flexibility index (Phi) is 3.83. The molecule has 94 valence electrons. The van der Waals surface area contributed by atoms with E-state index in [-0.39, 0.29) is 12.0 Å². The standard InChI is InChI=1S/C17H20O/c1-14-7-6-10-16(11-14)17(2,13-18)12-15-8-4-3-5-9-15/h3-11,18H,12-13H2,1-2H3. The summed E-state index contributed by atoms with van der Waals surface area (Å²) in [6.45, 7) is 4.37. The molecule has 0 amide bonds. The van der Waals surface area contributed by atoms with Crippen LogP contribution in [0.2, 0.25) is 0 Å². The monoisotopic (exact) mass is 240 g/mol. The molecular formula is C17H20O. The van der Waals surface area contributed by atoms with Crippen LogP contribution in [0.5, 0.6) is 0 Å². The molecule has 0 heterocycles. The maximum absolute atomic E-state index is 9.79. The zero-order valence-electron chi connectivity index (χ0n) is 11.1. The Balaban J connectivity index is 2.31. The summed E-state index contributed by atoms with van der Waals surface area (Å²) in [6.07, 6.45) is 0.855. The van der Waals surface area contributed by atoms with E-state index < -0.39 is 0 Å². The van der Waals surface area contributed by atoms with Gasteiger partial charge < -0.3 is 5.11 Å². The van der Waals surface area contributed by atoms with Gasteiger partial charge in [0.25, 0.3) is 0 Å². The molecule has 0 fully saturated rings. The van der Waals surface area contributed by atoms with Crippen LogP contribution >= 0.6 is 0 Å². The van der Waals surface area contributed by atoms with E-state index in [1.807, 2.05) is 18.2 Å². The normalized spacial score (nSPS) is 14.2. The zero-order chi connectivity index (χ0) is 13.0. The fourth-order valence-corrected chi connectivity index (χ4v) is 2.32. The quantitative estimate of drug-likeness (QED) is 0.867. The molecule has 1 N–H and O–H groups in total. The topological polar surface area (TPSA) is 20.2 Å². The van der Waals surface area contributed by atoms with Gasteiger partial charge in [-0.2, -0.15) is 0 Å². The fraction of sp³-hybridized carbons (Fsp3) is 0.294. The van der Waals surface area contributed by atoms with Crippen LogP contribution in [-0.4, -0.2) is 11.7 Å². The molecule has 0 aliphatic rings. The molecule has 2 aromatic carbocycles. The molecule has 1 nitrogen and oxygen atoms in total. The molecule has 2 aromatic rings. The largest absolute Gasteiger partial charge is 0.395 e. The van der Waals surface area contributed by atoms with Gasteiger partial charge in [0.2, 0.25) is 0 Å². The van der Waals surface area contributed by atoms with E-state index in [0.29, 0.717) is 0 Å². The Morgan fingerprint density at radius 2 is 1.72 bits per heavy atom. The molecule has 0 bridgehead atoms. The summed E-state index contributed by atoms with van der Waals surface area (Å²) in [7, 11) is 0. The molecule has 0 aromatic heterocycles. The van der Waals surface area contributed by atoms with E-state index in [9.17, 15) is 5.11 Å². The van der Waals surface area contributed by atoms with Crippen molar-refractivity contribution in [2.24, 2.45) is 0 Å². The Hall–Kier alpha value is -1.60. The van der Waals surface area contributed by atoms with Crippen molar-refractivity contribution in [3.8, 4) is 0 Å². The van der Waals surface area contributed by atoms with E-state index in [2.05, 4.69) is 50.2 Å². The van der Waals surface area contributed by atoms with Crippen LogP contribution in [0, 0.1) is 6.92 Å². The van der Waals surface area contributed by atoms with Crippen molar-refractivity contribution in [1.82, 2.24) is 0 Å². The molecule has 0 aliphatic heterocycles. The number of hydrogen-bond donors (Lipinski definition) is 1. The lowest BCUT2D eigenvalue weighted by molar-refractivity contribution is 0.204. The lowest BCUT2D eigenvalue weighted by Crippen LogP contribution is -2.29. The molecule has 1 unspecified atom stereocenters. The molecule has 0 saturated carbocycles. The van der Waals surface area contributed by atoms with Crippen LogP contribution in [0.25, 0.3) is 0 Å². The minimum atomic E-state index is -0.215. The second-order valence-electron chi connectivity index (χ2n) is 5.25. The van der Waals surface area contributed by atoms with Gasteiger partial charge in [0, 0.05) is 5.41 Å². The van der Waals surface area contributed by atoms with Gasteiger partial charge in [0.1, 0.15) is 0 Å². The summed E-state index contributed by atoms with van der Waals surface area (Å²) in [5.41, 5.74) is 3.48. The van der Waals surface area contributed by atoms with Gasteiger partial charge in [-0.05, 0) is 24.5 Å². The Bertz CT molecular complexity index is 504. The van der Waals surface area contributed by atoms with E-state index in [1.54, 1.807) is 0 Å². The maximum atomic E-state index is 9.79. The van der Waals surface area contributed by atoms with Crippen LogP contribution < -0.4 is 0 Å². The minimum absolute atomic E-state index is 0.158. The van der Waals surface area contributed by atoms with Gasteiger partial charge >= 0.3 is 0 Å². The number of aryl methyl sites for hydroxylation is 1. The fourth-order valence-electron chi connectivity index (χ4n) is 2.32. The van der Waals surface area contributed by atoms with Crippen molar-refractivity contribution in [3.63, 3.8) is 0 Å². The van der Waals surface area contributed by atoms with Gasteiger partial charge in [-0.25, -0.2) is 0 Å². The lowest BCUT2D eigenvalue weighted by Gasteiger charge is -2.28. The maximum Gasteiger partial charge on any atom is 0.0528 e. The van der Waals surface area contributed by atoms with Crippen LogP contribution in [0.3, 0.4) is 0 Å². The second-order valence-corrected chi connectivity index (χ2v) is 5.25. The highest BCUT2D eigenvalue weighted by Crippen LogP contribution is 2.28. The van der Waals surface area contributed by atoms with Crippen molar-refractivity contribution < 1.29 is 5.11 Å². The molecule has 0 spiro atoms. The first-order valence-corrected chi connectivity index (χ1v) is 6.36. The minimum Gasteiger partial charge on any atom is -0.395 e. The number of rotatable bonds is 4. The van der Waals surface area contributed by atoms with Crippen LogP contribution in [-0.2, 0) is 11.8 Å². The smallest absolute Gasteiger partial charge is 0.0528 e. The third-order valence-corrected chi connectivity index (χ3v) is 3.50. The Labute approximate surface area is 109 Å². The molecule has 0 aliphatic carbocycles. The van der Waals surface area contributed by atoms with Crippen molar-refractivity contribution in [2.75, 3.05) is 6.61 Å². The SMILES string of the molecule is Cc1cccc(C(C)(CO)Cc2ccccc2)c1. The average Bonchev–Trinajstić information content (AvgIpc) is 2.40. The Morgan fingerprint density at radius 1 is 1.00 bits per heavy atom. The summed E-state index contributed by atoms with van der Waals surface area (Å²) in [5.74, 6) is 0. The van der Waals surface area contributed by atoms with Crippen molar-refractivity contribution in [2.45, 2.75) is 25.7 Å². The van der Waals surface area contributed by atoms with Crippen molar-refractivity contribution in [1.29, 1.82) is 0 Å². The molecule has 0 radical (unpaired) electrons. The van der Waals surface area contributed by atoms with Gasteiger partial charge in [-0.15, -0.1) is 0 Å². The van der Waals surface area contributed by atoms with Crippen molar-refractivity contribution in [3.05, 3.63) is 71.3 Å². The van der Waals surface area contributed by atoms with Gasteiger partial charge in [0.15, 0.2) is 0 Å². The summed E-state index contributed by atoms with van der Waals surface area (Å²) >= 11 is 0. The van der Waals surface area contributed by atoms with Crippen LogP contribution in [0.15, 0.2) is 54.6 Å². The molecule has 2 rings (SSSR count). The predicted octanol–water partition coefficient (Wildman–Crippen LogP) is 3.49. The number of aliphatic hydroxyl groups is 1. The Morgan fingerprint density at radius 3 is 2.33 bits per heavy atom. The van der Waals surface area contributed by atoms with E-state index >= 15 is 0 Å². The molecule has 0 saturated heterocycles. The molecular weight excluding hydrogens is 220 g/mol. The highest BCUT2D eigenvalue weighted by Gasteiger charge is 2.26. The predicted molar refractivity (Wildman–Crippen MR) is 75.8 cm³/mol. The van der Waals surface area contributed by atoms with E-state index in [4.69, 9.17) is 0 Å². The first-order chi connectivity index (χ1) is 8.64. The lowest BCUT2D eigenvalue weighted by atomic mass is 9.77. The number of benzene rings is 2. The van der Waals surface area contributed by atoms with Crippen molar-refractivity contribution >= 4 is 0 Å². The van der Waals surface area contributed by atoms with E-state index in [1.165, 1.54) is 16.7 Å². The van der Waals surface area contributed by atoms with Gasteiger partial charge in [0.05, 0.1) is 6.61 Å². The second kappa shape index (κ2) is 5.36. The van der Waals surface area contributed by atoms with Crippen LogP contribution in [0.1, 0.15) is 23.6 Å². The first-order valence-electron chi connectivity index (χ1n) is 6.36. The summed E-state index contributed by atoms with van der Waals surface area (Å²) in [6, 6.07) is 18.8.